The molecule has 1 unspecified atom stereocenters. The highest BCUT2D eigenvalue weighted by atomic mass is 35.5. The van der Waals surface area contributed by atoms with Crippen molar-refractivity contribution in [3.8, 4) is 11.5 Å². The lowest BCUT2D eigenvalue weighted by Crippen LogP contribution is -2.36. The fourth-order valence-corrected chi connectivity index (χ4v) is 2.50. The summed E-state index contributed by atoms with van der Waals surface area (Å²) in [5, 5.41) is 5.38. The number of rotatable bonds is 6. The van der Waals surface area contributed by atoms with Crippen molar-refractivity contribution < 1.29 is 27.4 Å². The molecule has 9 heteroatoms. The van der Waals surface area contributed by atoms with E-state index >= 15 is 0 Å². The number of halogens is 4. The molecule has 0 heterocycles. The molecule has 0 bridgehead atoms. The van der Waals surface area contributed by atoms with Crippen molar-refractivity contribution in [1.29, 1.82) is 0 Å². The van der Waals surface area contributed by atoms with E-state index in [1.54, 1.807) is 32.2 Å². The highest BCUT2D eigenvalue weighted by Crippen LogP contribution is 2.30. The summed E-state index contributed by atoms with van der Waals surface area (Å²) in [7, 11) is 3.07. The molecule has 0 spiro atoms. The van der Waals surface area contributed by atoms with Gasteiger partial charge in [-0.2, -0.15) is 13.2 Å². The Labute approximate surface area is 167 Å². The van der Waals surface area contributed by atoms with Crippen LogP contribution in [0.25, 0.3) is 0 Å². The number of carbonyl (C=O) groups is 1. The molecule has 2 amide bonds. The Morgan fingerprint density at radius 1 is 1.07 bits per heavy atom. The molecule has 2 rings (SSSR count). The molecule has 0 aliphatic rings. The first kappa shape index (κ1) is 23.4. The Morgan fingerprint density at radius 3 is 2.25 bits per heavy atom. The lowest BCUT2D eigenvalue weighted by molar-refractivity contribution is -0.137. The van der Waals surface area contributed by atoms with Crippen LogP contribution in [-0.2, 0) is 12.7 Å². The quantitative estimate of drug-likeness (QED) is 0.714. The van der Waals surface area contributed by atoms with Crippen LogP contribution in [0.5, 0.6) is 11.5 Å². The molecule has 2 N–H and O–H groups in total. The fraction of sp³-hybridized carbons (Fsp3) is 0.316. The van der Waals surface area contributed by atoms with Gasteiger partial charge in [-0.25, -0.2) is 4.79 Å². The Kier molecular flexibility index (Phi) is 8.43. The van der Waals surface area contributed by atoms with Gasteiger partial charge < -0.3 is 20.1 Å². The predicted molar refractivity (Wildman–Crippen MR) is 102 cm³/mol. The van der Waals surface area contributed by atoms with E-state index in [9.17, 15) is 18.0 Å². The van der Waals surface area contributed by atoms with E-state index in [4.69, 9.17) is 9.47 Å². The normalized spacial score (nSPS) is 11.8. The fourth-order valence-electron chi connectivity index (χ4n) is 2.50. The second kappa shape index (κ2) is 10.1. The van der Waals surface area contributed by atoms with E-state index in [-0.39, 0.29) is 25.0 Å². The molecule has 2 aromatic carbocycles. The number of methoxy groups -OCH3 is 2. The van der Waals surface area contributed by atoms with Crippen molar-refractivity contribution in [2.45, 2.75) is 25.7 Å². The average molecular weight is 419 g/mol. The van der Waals surface area contributed by atoms with Gasteiger partial charge in [-0.1, -0.05) is 12.1 Å². The second-order valence-corrected chi connectivity index (χ2v) is 5.85. The van der Waals surface area contributed by atoms with Gasteiger partial charge in [-0.15, -0.1) is 12.4 Å². The molecule has 0 saturated carbocycles. The lowest BCUT2D eigenvalue weighted by atomic mass is 10.1. The number of urea groups is 1. The lowest BCUT2D eigenvalue weighted by Gasteiger charge is -2.18. The number of benzene rings is 2. The predicted octanol–water partition coefficient (Wildman–Crippen LogP) is 4.70. The monoisotopic (exact) mass is 418 g/mol. The number of amides is 2. The molecule has 0 fully saturated rings. The Balaban J connectivity index is 0.00000392. The van der Waals surface area contributed by atoms with Crippen LogP contribution >= 0.6 is 12.4 Å². The van der Waals surface area contributed by atoms with Crippen LogP contribution in [0, 0.1) is 0 Å². The summed E-state index contributed by atoms with van der Waals surface area (Å²) in [6.45, 7) is 1.89. The summed E-state index contributed by atoms with van der Waals surface area (Å²) in [6, 6.07) is 9.06. The first-order valence-electron chi connectivity index (χ1n) is 8.17. The Bertz CT molecular complexity index is 783. The van der Waals surface area contributed by atoms with Gasteiger partial charge in [0.1, 0.15) is 11.5 Å². The highest BCUT2D eigenvalue weighted by molar-refractivity contribution is 5.85. The third-order valence-electron chi connectivity index (χ3n) is 3.99. The van der Waals surface area contributed by atoms with Crippen LogP contribution < -0.4 is 20.1 Å². The van der Waals surface area contributed by atoms with Gasteiger partial charge in [0.15, 0.2) is 0 Å². The summed E-state index contributed by atoms with van der Waals surface area (Å²) in [5.74, 6) is 1.23. The summed E-state index contributed by atoms with van der Waals surface area (Å²) < 4.78 is 48.1. The van der Waals surface area contributed by atoms with Crippen molar-refractivity contribution >= 4 is 18.4 Å². The van der Waals surface area contributed by atoms with Crippen LogP contribution in [0.3, 0.4) is 0 Å². The van der Waals surface area contributed by atoms with Crippen molar-refractivity contribution in [2.75, 3.05) is 14.2 Å². The number of alkyl halides is 3. The van der Waals surface area contributed by atoms with E-state index in [1.807, 2.05) is 0 Å². The number of hydrogen-bond donors (Lipinski definition) is 2. The minimum atomic E-state index is -4.38. The highest BCUT2D eigenvalue weighted by Gasteiger charge is 2.29. The van der Waals surface area contributed by atoms with Crippen molar-refractivity contribution in [3.05, 3.63) is 59.2 Å². The number of ether oxygens (including phenoxy) is 2. The number of carbonyl (C=O) groups excluding carboxylic acids is 1. The van der Waals surface area contributed by atoms with Gasteiger partial charge in [0.2, 0.25) is 0 Å². The Hall–Kier alpha value is -2.61. The minimum absolute atomic E-state index is 0. The van der Waals surface area contributed by atoms with Gasteiger partial charge in [0.25, 0.3) is 0 Å². The molecular formula is C19H22ClF3N2O3. The zero-order valence-corrected chi connectivity index (χ0v) is 16.4. The third-order valence-corrected chi connectivity index (χ3v) is 3.99. The summed E-state index contributed by atoms with van der Waals surface area (Å²) >= 11 is 0. The minimum Gasteiger partial charge on any atom is -0.497 e. The average Bonchev–Trinajstić information content (AvgIpc) is 2.65. The van der Waals surface area contributed by atoms with Gasteiger partial charge in [-0.3, -0.25) is 0 Å². The molecular weight excluding hydrogens is 397 g/mol. The van der Waals surface area contributed by atoms with Crippen LogP contribution in [0.4, 0.5) is 18.0 Å². The van der Waals surface area contributed by atoms with Gasteiger partial charge in [0, 0.05) is 12.1 Å². The molecule has 154 valence electrons. The van der Waals surface area contributed by atoms with Gasteiger partial charge in [0.05, 0.1) is 25.8 Å². The van der Waals surface area contributed by atoms with Crippen LogP contribution in [0.2, 0.25) is 0 Å². The zero-order chi connectivity index (χ0) is 20.0. The van der Waals surface area contributed by atoms with Gasteiger partial charge >= 0.3 is 12.2 Å². The van der Waals surface area contributed by atoms with E-state index in [2.05, 4.69) is 10.6 Å². The molecule has 0 radical (unpaired) electrons. The molecule has 0 aromatic heterocycles. The maximum Gasteiger partial charge on any atom is 0.416 e. The van der Waals surface area contributed by atoms with Crippen LogP contribution in [0.15, 0.2) is 42.5 Å². The summed E-state index contributed by atoms with van der Waals surface area (Å²) in [5.41, 5.74) is 0.570. The standard InChI is InChI=1S/C19H21F3N2O3.ClH/c1-12(16-10-15(26-2)8-9-17(16)27-3)24-18(25)23-11-13-4-6-14(7-5-13)19(20,21)22;/h4-10,12H,11H2,1-3H3,(H2,23,24,25);1H. The van der Waals surface area contributed by atoms with E-state index in [1.165, 1.54) is 19.2 Å². The van der Waals surface area contributed by atoms with E-state index in [0.717, 1.165) is 17.7 Å². The van der Waals surface area contributed by atoms with Crippen molar-refractivity contribution in [1.82, 2.24) is 10.6 Å². The SMILES string of the molecule is COc1ccc(OC)c(C(C)NC(=O)NCc2ccc(C(F)(F)F)cc2)c1.Cl. The smallest absolute Gasteiger partial charge is 0.416 e. The van der Waals surface area contributed by atoms with E-state index < -0.39 is 17.8 Å². The molecule has 2 aromatic rings. The summed E-state index contributed by atoms with van der Waals surface area (Å²) in [4.78, 5) is 12.1. The first-order chi connectivity index (χ1) is 12.7. The molecule has 0 aliphatic carbocycles. The third kappa shape index (κ3) is 6.23. The van der Waals surface area contributed by atoms with Crippen molar-refractivity contribution in [3.63, 3.8) is 0 Å². The number of nitrogens with one attached hydrogen (secondary N) is 2. The maximum atomic E-state index is 12.6. The second-order valence-electron chi connectivity index (χ2n) is 5.85. The molecule has 1 atom stereocenters. The molecule has 5 nitrogen and oxygen atoms in total. The maximum absolute atomic E-state index is 12.6. The van der Waals surface area contributed by atoms with Gasteiger partial charge in [-0.05, 0) is 42.8 Å². The summed E-state index contributed by atoms with van der Waals surface area (Å²) in [6.07, 6.45) is -4.38. The molecule has 28 heavy (non-hydrogen) atoms. The molecule has 0 saturated heterocycles. The van der Waals surface area contributed by atoms with E-state index in [0.29, 0.717) is 17.1 Å². The zero-order valence-electron chi connectivity index (χ0n) is 15.6. The molecule has 0 aliphatic heterocycles. The first-order valence-corrected chi connectivity index (χ1v) is 8.17. The Morgan fingerprint density at radius 2 is 1.71 bits per heavy atom. The largest absolute Gasteiger partial charge is 0.497 e. The number of hydrogen-bond acceptors (Lipinski definition) is 3. The van der Waals surface area contributed by atoms with Crippen molar-refractivity contribution in [2.24, 2.45) is 0 Å². The topological polar surface area (TPSA) is 59.6 Å². The van der Waals surface area contributed by atoms with Crippen LogP contribution in [0.1, 0.15) is 29.7 Å². The van der Waals surface area contributed by atoms with Crippen LogP contribution in [-0.4, -0.2) is 20.3 Å².